The molecule has 0 aliphatic rings. The molecular weight excluding hydrogens is 354 g/mol. The van der Waals surface area contributed by atoms with Crippen molar-refractivity contribution >= 4 is 21.7 Å². The highest BCUT2D eigenvalue weighted by molar-refractivity contribution is 7.90. The summed E-state index contributed by atoms with van der Waals surface area (Å²) in [7, 11) is -2.47. The van der Waals surface area contributed by atoms with Gasteiger partial charge in [0.15, 0.2) is 0 Å². The zero-order valence-electron chi connectivity index (χ0n) is 14.5. The molecule has 0 fully saturated rings. The molecule has 0 bridgehead atoms. The molecule has 7 heteroatoms. The van der Waals surface area contributed by atoms with Crippen LogP contribution in [-0.2, 0) is 19.6 Å². The number of methoxy groups -OCH3 is 1. The molecule has 0 aliphatic heterocycles. The molecule has 0 saturated heterocycles. The van der Waals surface area contributed by atoms with Gasteiger partial charge in [0.25, 0.3) is 10.0 Å². The number of rotatable bonds is 7. The normalized spacial score (nSPS) is 12.2. The van der Waals surface area contributed by atoms with Gasteiger partial charge in [0, 0.05) is 11.6 Å². The third-order valence-corrected chi connectivity index (χ3v) is 4.61. The molecule has 0 atom stereocenters. The molecule has 0 amide bonds. The van der Waals surface area contributed by atoms with E-state index in [1.807, 2.05) is 0 Å². The Kier molecular flexibility index (Phi) is 6.68. The zero-order valence-corrected chi connectivity index (χ0v) is 15.3. The first-order valence-corrected chi connectivity index (χ1v) is 9.29. The summed E-state index contributed by atoms with van der Waals surface area (Å²) in [6.45, 7) is 1.91. The molecular formula is C19H19NO5S. The average molecular weight is 373 g/mol. The standard InChI is InChI=1S/C19H19NO5S/c1-3-25-19(21)14-13-18(15-7-5-4-6-8-15)20-26(22,23)17-11-9-16(24-2)10-12-17/h4-14H,3H2,1-2H3/b14-13+,20-18-. The minimum atomic E-state index is -3.96. The topological polar surface area (TPSA) is 82.0 Å². The molecule has 0 aromatic heterocycles. The van der Waals surface area contributed by atoms with Crippen LogP contribution >= 0.6 is 0 Å². The summed E-state index contributed by atoms with van der Waals surface area (Å²) >= 11 is 0. The fraction of sp³-hybridized carbons (Fsp3) is 0.158. The van der Waals surface area contributed by atoms with Crippen LogP contribution in [0.25, 0.3) is 0 Å². The summed E-state index contributed by atoms with van der Waals surface area (Å²) in [6.07, 6.45) is 2.48. The number of benzene rings is 2. The highest BCUT2D eigenvalue weighted by Gasteiger charge is 2.15. The van der Waals surface area contributed by atoms with Gasteiger partial charge in [-0.3, -0.25) is 0 Å². The van der Waals surface area contributed by atoms with Crippen LogP contribution in [0.15, 0.2) is 76.0 Å². The molecule has 2 aromatic carbocycles. The van der Waals surface area contributed by atoms with Crippen LogP contribution in [-0.4, -0.2) is 33.8 Å². The first-order valence-electron chi connectivity index (χ1n) is 7.85. The van der Waals surface area contributed by atoms with Gasteiger partial charge >= 0.3 is 5.97 Å². The maximum absolute atomic E-state index is 12.6. The molecule has 0 radical (unpaired) electrons. The second-order valence-corrected chi connectivity index (χ2v) is 6.68. The summed E-state index contributed by atoms with van der Waals surface area (Å²) < 4.78 is 39.0. The molecule has 2 rings (SSSR count). The summed E-state index contributed by atoms with van der Waals surface area (Å²) in [6, 6.07) is 14.6. The van der Waals surface area contributed by atoms with Gasteiger partial charge in [0.1, 0.15) is 5.75 Å². The molecule has 136 valence electrons. The second-order valence-electron chi connectivity index (χ2n) is 5.08. The van der Waals surface area contributed by atoms with Crippen molar-refractivity contribution in [3.05, 3.63) is 72.3 Å². The fourth-order valence-electron chi connectivity index (χ4n) is 2.06. The predicted molar refractivity (Wildman–Crippen MR) is 98.9 cm³/mol. The Morgan fingerprint density at radius 1 is 1.04 bits per heavy atom. The largest absolute Gasteiger partial charge is 0.497 e. The van der Waals surface area contributed by atoms with E-state index in [1.54, 1.807) is 49.4 Å². The highest BCUT2D eigenvalue weighted by atomic mass is 32.2. The van der Waals surface area contributed by atoms with Crippen LogP contribution in [0.2, 0.25) is 0 Å². The fourth-order valence-corrected chi connectivity index (χ4v) is 3.07. The van der Waals surface area contributed by atoms with Crippen LogP contribution in [0.5, 0.6) is 5.75 Å². The van der Waals surface area contributed by atoms with Crippen LogP contribution in [0.3, 0.4) is 0 Å². The van der Waals surface area contributed by atoms with Gasteiger partial charge in [-0.2, -0.15) is 12.8 Å². The van der Waals surface area contributed by atoms with Gasteiger partial charge in [-0.05, 0) is 37.3 Å². The number of ether oxygens (including phenoxy) is 2. The van der Waals surface area contributed by atoms with Gasteiger partial charge in [-0.15, -0.1) is 0 Å². The number of esters is 1. The Morgan fingerprint density at radius 3 is 2.27 bits per heavy atom. The Hall–Kier alpha value is -2.93. The van der Waals surface area contributed by atoms with Gasteiger partial charge < -0.3 is 9.47 Å². The molecule has 6 nitrogen and oxygen atoms in total. The van der Waals surface area contributed by atoms with Gasteiger partial charge in [-0.25, -0.2) is 4.79 Å². The molecule has 0 spiro atoms. The molecule has 0 aliphatic carbocycles. The van der Waals surface area contributed by atoms with Crippen LogP contribution in [0.4, 0.5) is 0 Å². The lowest BCUT2D eigenvalue weighted by Crippen LogP contribution is -2.06. The summed E-state index contributed by atoms with van der Waals surface area (Å²) in [5, 5.41) is 0. The van der Waals surface area contributed by atoms with E-state index in [9.17, 15) is 13.2 Å². The second kappa shape index (κ2) is 8.96. The monoisotopic (exact) mass is 373 g/mol. The Bertz CT molecular complexity index is 901. The van der Waals surface area contributed by atoms with Gasteiger partial charge in [-0.1, -0.05) is 30.3 Å². The van der Waals surface area contributed by atoms with Crippen molar-refractivity contribution in [1.29, 1.82) is 0 Å². The number of carbonyl (C=O) groups is 1. The first kappa shape index (κ1) is 19.4. The maximum atomic E-state index is 12.6. The average Bonchev–Trinajstić information content (AvgIpc) is 2.66. The van der Waals surface area contributed by atoms with Gasteiger partial charge in [0.2, 0.25) is 0 Å². The van der Waals surface area contributed by atoms with E-state index < -0.39 is 16.0 Å². The van der Waals surface area contributed by atoms with Crippen molar-refractivity contribution < 1.29 is 22.7 Å². The Labute approximate surface area is 152 Å². The molecule has 26 heavy (non-hydrogen) atoms. The SMILES string of the molecule is CCOC(=O)/C=C/C(=N/S(=O)(=O)c1ccc(OC)cc1)c1ccccc1. The number of nitrogens with zero attached hydrogens (tertiary/aromatic N) is 1. The highest BCUT2D eigenvalue weighted by Crippen LogP contribution is 2.18. The van der Waals surface area contributed by atoms with Crippen molar-refractivity contribution in [2.24, 2.45) is 4.40 Å². The quantitative estimate of drug-likeness (QED) is 0.423. The smallest absolute Gasteiger partial charge is 0.330 e. The summed E-state index contributed by atoms with van der Waals surface area (Å²) in [5.41, 5.74) is 0.694. The number of sulfonamides is 1. The van der Waals surface area contributed by atoms with E-state index in [-0.39, 0.29) is 17.2 Å². The van der Waals surface area contributed by atoms with Crippen LogP contribution < -0.4 is 4.74 Å². The van der Waals surface area contributed by atoms with E-state index in [0.717, 1.165) is 6.08 Å². The van der Waals surface area contributed by atoms with Gasteiger partial charge in [0.05, 0.1) is 24.3 Å². The lowest BCUT2D eigenvalue weighted by atomic mass is 10.1. The predicted octanol–water partition coefficient (Wildman–Crippen LogP) is 2.99. The van der Waals surface area contributed by atoms with Crippen molar-refractivity contribution in [2.45, 2.75) is 11.8 Å². The van der Waals surface area contributed by atoms with E-state index in [0.29, 0.717) is 11.3 Å². The first-order chi connectivity index (χ1) is 12.5. The summed E-state index contributed by atoms with van der Waals surface area (Å²) in [4.78, 5) is 11.6. The minimum absolute atomic E-state index is 0.0243. The third kappa shape index (κ3) is 5.29. The van der Waals surface area contributed by atoms with Crippen molar-refractivity contribution in [3.8, 4) is 5.75 Å². The van der Waals surface area contributed by atoms with E-state index in [4.69, 9.17) is 9.47 Å². The van der Waals surface area contributed by atoms with Crippen molar-refractivity contribution in [1.82, 2.24) is 0 Å². The zero-order chi connectivity index (χ0) is 19.0. The molecule has 0 unspecified atom stereocenters. The molecule has 0 heterocycles. The summed E-state index contributed by atoms with van der Waals surface area (Å²) in [5.74, 6) is -0.0311. The van der Waals surface area contributed by atoms with Crippen LogP contribution in [0.1, 0.15) is 12.5 Å². The third-order valence-electron chi connectivity index (χ3n) is 3.31. The Morgan fingerprint density at radius 2 is 1.69 bits per heavy atom. The van der Waals surface area contributed by atoms with E-state index >= 15 is 0 Å². The van der Waals surface area contributed by atoms with Crippen LogP contribution in [0, 0.1) is 0 Å². The molecule has 2 aromatic rings. The molecule has 0 N–H and O–H groups in total. The lowest BCUT2D eigenvalue weighted by Gasteiger charge is -2.05. The number of allylic oxidation sites excluding steroid dienone is 1. The number of hydrogen-bond acceptors (Lipinski definition) is 5. The van der Waals surface area contributed by atoms with Crippen molar-refractivity contribution in [2.75, 3.05) is 13.7 Å². The number of carbonyl (C=O) groups excluding carboxylic acids is 1. The van der Waals surface area contributed by atoms with E-state index in [1.165, 1.54) is 25.3 Å². The maximum Gasteiger partial charge on any atom is 0.330 e. The van der Waals surface area contributed by atoms with Crippen molar-refractivity contribution in [3.63, 3.8) is 0 Å². The molecule has 0 saturated carbocycles. The number of hydrogen-bond donors (Lipinski definition) is 0. The Balaban J connectivity index is 2.43. The minimum Gasteiger partial charge on any atom is -0.497 e. The van der Waals surface area contributed by atoms with E-state index in [2.05, 4.69) is 4.40 Å². The lowest BCUT2D eigenvalue weighted by molar-refractivity contribution is -0.137.